The predicted octanol–water partition coefficient (Wildman–Crippen LogP) is -0.218. The monoisotopic (exact) mass is 235 g/mol. The third-order valence-electron chi connectivity index (χ3n) is 3.45. The lowest BCUT2D eigenvalue weighted by Crippen LogP contribution is -2.37. The Labute approximate surface area is 100.0 Å². The van der Waals surface area contributed by atoms with Gasteiger partial charge >= 0.3 is 0 Å². The van der Waals surface area contributed by atoms with Crippen molar-refractivity contribution >= 4 is 5.91 Å². The van der Waals surface area contributed by atoms with Gasteiger partial charge in [0.25, 0.3) is 5.91 Å². The Morgan fingerprint density at radius 2 is 2.29 bits per heavy atom. The number of aromatic nitrogens is 3. The van der Waals surface area contributed by atoms with Gasteiger partial charge in [0, 0.05) is 32.2 Å². The number of nitrogens with one attached hydrogen (secondary N) is 1. The predicted molar refractivity (Wildman–Crippen MR) is 61.5 cm³/mol. The van der Waals surface area contributed by atoms with Gasteiger partial charge in [-0.05, 0) is 19.3 Å². The van der Waals surface area contributed by atoms with Crippen LogP contribution in [0.15, 0.2) is 6.20 Å². The zero-order valence-electron chi connectivity index (χ0n) is 9.96. The lowest BCUT2D eigenvalue weighted by atomic mass is 10.2. The molecule has 1 atom stereocenters. The van der Waals surface area contributed by atoms with E-state index in [2.05, 4.69) is 20.5 Å². The molecule has 92 valence electrons. The third-order valence-corrected chi connectivity index (χ3v) is 3.45. The van der Waals surface area contributed by atoms with E-state index in [9.17, 15) is 4.79 Å². The van der Waals surface area contributed by atoms with Crippen molar-refractivity contribution in [3.05, 3.63) is 11.9 Å². The molecule has 1 aliphatic heterocycles. The van der Waals surface area contributed by atoms with Crippen LogP contribution < -0.4 is 5.32 Å². The molecule has 1 unspecified atom stereocenters. The second-order valence-corrected chi connectivity index (χ2v) is 4.96. The van der Waals surface area contributed by atoms with E-state index in [0.717, 1.165) is 25.6 Å². The van der Waals surface area contributed by atoms with E-state index in [-0.39, 0.29) is 11.9 Å². The topological polar surface area (TPSA) is 63.1 Å². The van der Waals surface area contributed by atoms with Crippen molar-refractivity contribution in [2.75, 3.05) is 13.1 Å². The fourth-order valence-electron chi connectivity index (χ4n) is 2.39. The summed E-state index contributed by atoms with van der Waals surface area (Å²) in [5.74, 6) is -0.110. The molecule has 1 saturated heterocycles. The van der Waals surface area contributed by atoms with E-state index in [1.165, 1.54) is 12.8 Å². The smallest absolute Gasteiger partial charge is 0.273 e. The SMILES string of the molecule is Cn1cc(C(=O)NC2CCN(C3CC3)C2)nn1. The number of carbonyl (C=O) groups excluding carboxylic acids is 1. The number of rotatable bonds is 3. The first-order valence-corrected chi connectivity index (χ1v) is 6.13. The zero-order chi connectivity index (χ0) is 11.8. The maximum Gasteiger partial charge on any atom is 0.273 e. The van der Waals surface area contributed by atoms with Gasteiger partial charge in [-0.3, -0.25) is 14.4 Å². The molecule has 17 heavy (non-hydrogen) atoms. The molecular weight excluding hydrogens is 218 g/mol. The fourth-order valence-corrected chi connectivity index (χ4v) is 2.39. The molecule has 0 bridgehead atoms. The molecule has 0 spiro atoms. The van der Waals surface area contributed by atoms with Crippen LogP contribution in [-0.4, -0.2) is 51.0 Å². The van der Waals surface area contributed by atoms with E-state index in [1.807, 2.05) is 0 Å². The van der Waals surface area contributed by atoms with E-state index >= 15 is 0 Å². The molecule has 1 N–H and O–H groups in total. The number of hydrogen-bond donors (Lipinski definition) is 1. The first kappa shape index (κ1) is 10.7. The number of carbonyl (C=O) groups is 1. The highest BCUT2D eigenvalue weighted by Gasteiger charge is 2.34. The fraction of sp³-hybridized carbons (Fsp3) is 0.727. The minimum Gasteiger partial charge on any atom is -0.347 e. The number of hydrogen-bond acceptors (Lipinski definition) is 4. The van der Waals surface area contributed by atoms with Gasteiger partial charge in [-0.25, -0.2) is 0 Å². The highest BCUT2D eigenvalue weighted by molar-refractivity contribution is 5.92. The van der Waals surface area contributed by atoms with Crippen LogP contribution in [0.1, 0.15) is 29.8 Å². The molecule has 6 nitrogen and oxygen atoms in total. The number of likely N-dealkylation sites (tertiary alicyclic amines) is 1. The number of amides is 1. The van der Waals surface area contributed by atoms with Crippen molar-refractivity contribution in [1.82, 2.24) is 25.2 Å². The molecule has 0 aromatic carbocycles. The van der Waals surface area contributed by atoms with Gasteiger partial charge in [-0.15, -0.1) is 5.10 Å². The normalized spacial score (nSPS) is 25.1. The van der Waals surface area contributed by atoms with Gasteiger partial charge in [0.1, 0.15) is 0 Å². The molecule has 1 amide bonds. The summed E-state index contributed by atoms with van der Waals surface area (Å²) >= 11 is 0. The second-order valence-electron chi connectivity index (χ2n) is 4.96. The summed E-state index contributed by atoms with van der Waals surface area (Å²) in [6.45, 7) is 2.09. The molecule has 1 saturated carbocycles. The van der Waals surface area contributed by atoms with Crippen LogP contribution in [0, 0.1) is 0 Å². The van der Waals surface area contributed by atoms with Gasteiger partial charge < -0.3 is 5.32 Å². The minimum atomic E-state index is -0.110. The molecule has 2 aliphatic rings. The Bertz CT molecular complexity index is 425. The molecule has 2 fully saturated rings. The molecule has 1 aliphatic carbocycles. The first-order valence-electron chi connectivity index (χ1n) is 6.13. The quantitative estimate of drug-likeness (QED) is 0.787. The van der Waals surface area contributed by atoms with Gasteiger partial charge in [-0.2, -0.15) is 0 Å². The molecule has 6 heteroatoms. The summed E-state index contributed by atoms with van der Waals surface area (Å²) < 4.78 is 1.54. The maximum atomic E-state index is 11.9. The lowest BCUT2D eigenvalue weighted by Gasteiger charge is -2.15. The summed E-state index contributed by atoms with van der Waals surface area (Å²) in [4.78, 5) is 14.3. The van der Waals surface area contributed by atoms with Crippen molar-refractivity contribution in [3.63, 3.8) is 0 Å². The summed E-state index contributed by atoms with van der Waals surface area (Å²) in [7, 11) is 1.76. The highest BCUT2D eigenvalue weighted by atomic mass is 16.2. The van der Waals surface area contributed by atoms with Crippen LogP contribution in [0.5, 0.6) is 0 Å². The standard InChI is InChI=1S/C11H17N5O/c1-15-7-10(13-14-15)11(17)12-8-4-5-16(6-8)9-2-3-9/h7-9H,2-6H2,1H3,(H,12,17). The number of aryl methyl sites for hydroxylation is 1. The van der Waals surface area contributed by atoms with Crippen LogP contribution in [0.3, 0.4) is 0 Å². The lowest BCUT2D eigenvalue weighted by molar-refractivity contribution is 0.0932. The van der Waals surface area contributed by atoms with Gasteiger partial charge in [0.15, 0.2) is 5.69 Å². The second kappa shape index (κ2) is 4.10. The zero-order valence-corrected chi connectivity index (χ0v) is 9.96. The molecule has 1 aromatic rings. The molecule has 0 radical (unpaired) electrons. The molecule has 3 rings (SSSR count). The van der Waals surface area contributed by atoms with Gasteiger partial charge in [0.2, 0.25) is 0 Å². The van der Waals surface area contributed by atoms with Gasteiger partial charge in [0.05, 0.1) is 6.20 Å². The summed E-state index contributed by atoms with van der Waals surface area (Å²) in [6.07, 6.45) is 5.33. The summed E-state index contributed by atoms with van der Waals surface area (Å²) in [5.41, 5.74) is 0.400. The largest absolute Gasteiger partial charge is 0.347 e. The summed E-state index contributed by atoms with van der Waals surface area (Å²) in [5, 5.41) is 10.6. The van der Waals surface area contributed by atoms with Crippen molar-refractivity contribution in [2.45, 2.75) is 31.3 Å². The average Bonchev–Trinajstić information content (AvgIpc) is 2.90. The van der Waals surface area contributed by atoms with Gasteiger partial charge in [-0.1, -0.05) is 5.21 Å². The Morgan fingerprint density at radius 1 is 1.47 bits per heavy atom. The van der Waals surface area contributed by atoms with Crippen LogP contribution >= 0.6 is 0 Å². The Kier molecular flexibility index (Phi) is 2.58. The first-order chi connectivity index (χ1) is 8.22. The van der Waals surface area contributed by atoms with Crippen molar-refractivity contribution in [2.24, 2.45) is 7.05 Å². The number of nitrogens with zero attached hydrogens (tertiary/aromatic N) is 4. The van der Waals surface area contributed by atoms with E-state index in [4.69, 9.17) is 0 Å². The van der Waals surface area contributed by atoms with E-state index < -0.39 is 0 Å². The van der Waals surface area contributed by atoms with Crippen molar-refractivity contribution in [1.29, 1.82) is 0 Å². The molecule has 2 heterocycles. The van der Waals surface area contributed by atoms with E-state index in [0.29, 0.717) is 5.69 Å². The maximum absolute atomic E-state index is 11.9. The van der Waals surface area contributed by atoms with Crippen LogP contribution in [0.25, 0.3) is 0 Å². The van der Waals surface area contributed by atoms with Crippen LogP contribution in [0.4, 0.5) is 0 Å². The third kappa shape index (κ3) is 2.31. The van der Waals surface area contributed by atoms with Crippen LogP contribution in [0.2, 0.25) is 0 Å². The molecule has 1 aromatic heterocycles. The Morgan fingerprint density at radius 3 is 2.94 bits per heavy atom. The molecular formula is C11H17N5O. The Hall–Kier alpha value is -1.43. The minimum absolute atomic E-state index is 0.110. The van der Waals surface area contributed by atoms with Crippen LogP contribution in [-0.2, 0) is 7.05 Å². The summed E-state index contributed by atoms with van der Waals surface area (Å²) in [6, 6.07) is 1.05. The highest BCUT2D eigenvalue weighted by Crippen LogP contribution is 2.29. The van der Waals surface area contributed by atoms with E-state index in [1.54, 1.807) is 17.9 Å². The van der Waals surface area contributed by atoms with Crippen molar-refractivity contribution < 1.29 is 4.79 Å². The van der Waals surface area contributed by atoms with Crippen molar-refractivity contribution in [3.8, 4) is 0 Å². The Balaban J connectivity index is 1.55. The average molecular weight is 235 g/mol.